The van der Waals surface area contributed by atoms with Crippen molar-refractivity contribution in [2.75, 3.05) is 0 Å². The van der Waals surface area contributed by atoms with Gasteiger partial charge in [0.15, 0.2) is 11.9 Å². The number of nitrogens with one attached hydrogen (secondary N) is 1. The van der Waals surface area contributed by atoms with Crippen molar-refractivity contribution in [1.29, 1.82) is 0 Å². The van der Waals surface area contributed by atoms with Crippen molar-refractivity contribution in [2.24, 2.45) is 0 Å². The largest absolute Gasteiger partial charge is 0.215 e. The molecule has 1 heteroatoms. The smallest absolute Gasteiger partial charge is 0.176 e. The highest BCUT2D eigenvalue weighted by Crippen LogP contribution is 1.80. The Labute approximate surface area is 43.0 Å². The minimum absolute atomic E-state index is 1.20. The Bertz CT molecular complexity index is 134. The molecular weight excluding hydrogens is 86.1 g/mol. The third kappa shape index (κ3) is 1.000. The number of aryl methyl sites for hydroxylation is 1. The van der Waals surface area contributed by atoms with E-state index < -0.39 is 0 Å². The first-order valence-corrected chi connectivity index (χ1v) is 2.33. The van der Waals surface area contributed by atoms with Crippen LogP contribution in [-0.2, 0) is 0 Å². The van der Waals surface area contributed by atoms with E-state index in [2.05, 4.69) is 4.98 Å². The van der Waals surface area contributed by atoms with E-state index in [9.17, 15) is 0 Å². The molecular formula is C6H8N+. The van der Waals surface area contributed by atoms with E-state index in [1.165, 1.54) is 5.69 Å². The fraction of sp³-hybridized carbons (Fsp3) is 0.167. The van der Waals surface area contributed by atoms with Crippen LogP contribution in [0.5, 0.6) is 0 Å². The summed E-state index contributed by atoms with van der Waals surface area (Å²) in [6.45, 7) is 2.03. The van der Waals surface area contributed by atoms with Gasteiger partial charge in [-0.25, -0.2) is 4.98 Å². The summed E-state index contributed by atoms with van der Waals surface area (Å²) in [6.07, 6.45) is 1.91. The van der Waals surface area contributed by atoms with Gasteiger partial charge in [-0.2, -0.15) is 0 Å². The van der Waals surface area contributed by atoms with Gasteiger partial charge in [0.1, 0.15) is 0 Å². The first-order chi connectivity index (χ1) is 3.39. The van der Waals surface area contributed by atoms with Crippen LogP contribution < -0.4 is 4.98 Å². The molecule has 0 aliphatic rings. The molecule has 0 spiro atoms. The molecule has 1 rings (SSSR count). The molecule has 1 N–H and O–H groups in total. The fourth-order valence-electron chi connectivity index (χ4n) is 0.483. The molecule has 0 aromatic carbocycles. The molecule has 0 aliphatic carbocycles. The van der Waals surface area contributed by atoms with Crippen LogP contribution in [0, 0.1) is 6.92 Å². The molecule has 7 heavy (non-hydrogen) atoms. The third-order valence-corrected chi connectivity index (χ3v) is 0.865. The van der Waals surface area contributed by atoms with E-state index in [4.69, 9.17) is 0 Å². The second kappa shape index (κ2) is 1.73. The molecule has 0 unspecified atom stereocenters. The zero-order chi connectivity index (χ0) is 5.11. The highest BCUT2D eigenvalue weighted by molar-refractivity contribution is 4.92. The van der Waals surface area contributed by atoms with Gasteiger partial charge in [-0.05, 0) is 0 Å². The summed E-state index contributed by atoms with van der Waals surface area (Å²) in [5.74, 6) is 0. The van der Waals surface area contributed by atoms with Gasteiger partial charge in [-0.1, -0.05) is 6.07 Å². The van der Waals surface area contributed by atoms with Crippen molar-refractivity contribution in [3.05, 3.63) is 30.1 Å². The summed E-state index contributed by atoms with van der Waals surface area (Å²) in [4.78, 5) is 3.03. The maximum absolute atomic E-state index is 3.03. The maximum Gasteiger partial charge on any atom is 0.176 e. The van der Waals surface area contributed by atoms with Crippen LogP contribution in [0.1, 0.15) is 5.69 Å². The molecule has 1 aromatic heterocycles. The summed E-state index contributed by atoms with van der Waals surface area (Å²) in [6, 6.07) is 6.00. The van der Waals surface area contributed by atoms with Gasteiger partial charge in [-0.15, -0.1) is 0 Å². The van der Waals surface area contributed by atoms with Gasteiger partial charge >= 0.3 is 0 Å². The molecule has 0 aliphatic heterocycles. The lowest BCUT2D eigenvalue weighted by Gasteiger charge is -1.74. The predicted octanol–water partition coefficient (Wildman–Crippen LogP) is 0.809. The number of aromatic amines is 1. The van der Waals surface area contributed by atoms with Crippen LogP contribution in [-0.4, -0.2) is 0 Å². The summed E-state index contributed by atoms with van der Waals surface area (Å²) in [7, 11) is 0. The van der Waals surface area contributed by atoms with Crippen molar-refractivity contribution >= 4 is 0 Å². The van der Waals surface area contributed by atoms with Crippen LogP contribution in [0.2, 0.25) is 0 Å². The first-order valence-electron chi connectivity index (χ1n) is 2.33. The van der Waals surface area contributed by atoms with Crippen LogP contribution in [0.25, 0.3) is 0 Å². The lowest BCUT2D eigenvalue weighted by molar-refractivity contribution is -0.387. The van der Waals surface area contributed by atoms with Crippen molar-refractivity contribution in [1.82, 2.24) is 0 Å². The van der Waals surface area contributed by atoms with Crippen LogP contribution in [0.3, 0.4) is 0 Å². The summed E-state index contributed by atoms with van der Waals surface area (Å²) >= 11 is 0. The molecule has 0 radical (unpaired) electrons. The quantitative estimate of drug-likeness (QED) is 0.451. The monoisotopic (exact) mass is 94.1 g/mol. The molecule has 0 fully saturated rings. The van der Waals surface area contributed by atoms with E-state index in [0.717, 1.165) is 0 Å². The Kier molecular flexibility index (Phi) is 1.07. The van der Waals surface area contributed by atoms with Crippen molar-refractivity contribution < 1.29 is 4.98 Å². The number of aromatic nitrogens is 1. The molecule has 1 nitrogen and oxygen atoms in total. The number of H-pyrrole nitrogens is 1. The highest BCUT2D eigenvalue weighted by Gasteiger charge is 1.81. The van der Waals surface area contributed by atoms with Gasteiger partial charge in [0.25, 0.3) is 0 Å². The Hall–Kier alpha value is -0.850. The Morgan fingerprint density at radius 3 is 2.57 bits per heavy atom. The molecule has 0 amide bonds. The third-order valence-electron chi connectivity index (χ3n) is 0.865. The van der Waals surface area contributed by atoms with Gasteiger partial charge in [0.05, 0.1) is 0 Å². The minimum Gasteiger partial charge on any atom is -0.215 e. The average Bonchev–Trinajstić information content (AvgIpc) is 1.69. The molecule has 36 valence electrons. The molecule has 0 atom stereocenters. The molecule has 0 saturated heterocycles. The zero-order valence-corrected chi connectivity index (χ0v) is 4.31. The standard InChI is InChI=1S/C6H7N/c1-6-4-2-3-5-7-6/h2-5H,1H3/p+1. The highest BCUT2D eigenvalue weighted by atomic mass is 14.6. The van der Waals surface area contributed by atoms with Crippen molar-refractivity contribution in [2.45, 2.75) is 6.92 Å². The first kappa shape index (κ1) is 4.31. The Morgan fingerprint density at radius 2 is 2.29 bits per heavy atom. The molecule has 1 heterocycles. The van der Waals surface area contributed by atoms with Gasteiger partial charge < -0.3 is 0 Å². The Morgan fingerprint density at radius 1 is 1.43 bits per heavy atom. The van der Waals surface area contributed by atoms with Gasteiger partial charge in [0, 0.05) is 19.1 Å². The van der Waals surface area contributed by atoms with Gasteiger partial charge in [0.2, 0.25) is 0 Å². The molecule has 0 bridgehead atoms. The summed E-state index contributed by atoms with van der Waals surface area (Å²) in [5.41, 5.74) is 1.20. The minimum atomic E-state index is 1.20. The lowest BCUT2D eigenvalue weighted by atomic mass is 10.4. The van der Waals surface area contributed by atoms with Crippen LogP contribution in [0.4, 0.5) is 0 Å². The molecule has 1 aromatic rings. The second-order valence-corrected chi connectivity index (χ2v) is 1.55. The van der Waals surface area contributed by atoms with E-state index in [0.29, 0.717) is 0 Å². The maximum atomic E-state index is 3.03. The average molecular weight is 94.1 g/mol. The second-order valence-electron chi connectivity index (χ2n) is 1.55. The van der Waals surface area contributed by atoms with Crippen LogP contribution >= 0.6 is 0 Å². The zero-order valence-electron chi connectivity index (χ0n) is 4.31. The summed E-state index contributed by atoms with van der Waals surface area (Å²) < 4.78 is 0. The topological polar surface area (TPSA) is 14.1 Å². The fourth-order valence-corrected chi connectivity index (χ4v) is 0.483. The number of pyridine rings is 1. The normalized spacial score (nSPS) is 8.71. The van der Waals surface area contributed by atoms with Crippen molar-refractivity contribution in [3.8, 4) is 0 Å². The van der Waals surface area contributed by atoms with Crippen LogP contribution in [0.15, 0.2) is 24.4 Å². The van der Waals surface area contributed by atoms with E-state index >= 15 is 0 Å². The summed E-state index contributed by atoms with van der Waals surface area (Å²) in [5, 5.41) is 0. The lowest BCUT2D eigenvalue weighted by Crippen LogP contribution is -2.02. The number of hydrogen-bond acceptors (Lipinski definition) is 0. The number of rotatable bonds is 0. The molecule has 0 saturated carbocycles. The van der Waals surface area contributed by atoms with E-state index in [-0.39, 0.29) is 0 Å². The van der Waals surface area contributed by atoms with Crippen molar-refractivity contribution in [3.63, 3.8) is 0 Å². The predicted molar refractivity (Wildman–Crippen MR) is 27.7 cm³/mol. The van der Waals surface area contributed by atoms with Gasteiger partial charge in [-0.3, -0.25) is 0 Å². The van der Waals surface area contributed by atoms with E-state index in [1.54, 1.807) is 0 Å². The SMILES string of the molecule is Cc1cccc[nH+]1. The number of hydrogen-bond donors (Lipinski definition) is 0. The Balaban J connectivity index is 3.02. The van der Waals surface area contributed by atoms with E-state index in [1.807, 2.05) is 31.3 Å².